The number of aromatic nitrogens is 3. The second kappa shape index (κ2) is 5.48. The first-order valence-corrected chi connectivity index (χ1v) is 6.49. The van der Waals surface area contributed by atoms with Crippen molar-refractivity contribution < 1.29 is 13.2 Å². The minimum atomic E-state index is -4.34. The molecule has 1 aromatic heterocycles. The van der Waals surface area contributed by atoms with Gasteiger partial charge >= 0.3 is 6.18 Å². The van der Waals surface area contributed by atoms with Gasteiger partial charge in [0.25, 0.3) is 0 Å². The number of alkyl halides is 3. The summed E-state index contributed by atoms with van der Waals surface area (Å²) in [4.78, 5) is 0. The molecule has 0 radical (unpaired) electrons. The molecule has 0 fully saturated rings. The minimum Gasteiger partial charge on any atom is -0.306 e. The van der Waals surface area contributed by atoms with Crippen LogP contribution in [-0.4, -0.2) is 20.5 Å². The largest absolute Gasteiger partial charge is 0.416 e. The molecule has 0 aliphatic carbocycles. The lowest BCUT2D eigenvalue weighted by molar-refractivity contribution is -0.137. The van der Waals surface area contributed by atoms with Gasteiger partial charge in [-0.15, -0.1) is 5.10 Å². The zero-order valence-electron chi connectivity index (χ0n) is 12.1. The Morgan fingerprint density at radius 1 is 1.10 bits per heavy atom. The first-order valence-electron chi connectivity index (χ1n) is 6.49. The van der Waals surface area contributed by atoms with E-state index in [-0.39, 0.29) is 5.54 Å². The molecule has 0 aliphatic rings. The molecule has 0 saturated carbocycles. The fraction of sp³-hybridized carbons (Fsp3) is 0.429. The van der Waals surface area contributed by atoms with E-state index >= 15 is 0 Å². The summed E-state index contributed by atoms with van der Waals surface area (Å²) in [6, 6.07) is 4.85. The molecular weight excluding hydrogens is 281 g/mol. The Morgan fingerprint density at radius 3 is 2.24 bits per heavy atom. The number of nitrogens with zero attached hydrogens (tertiary/aromatic N) is 3. The summed E-state index contributed by atoms with van der Waals surface area (Å²) in [6.45, 7) is 6.61. The molecule has 2 rings (SSSR count). The van der Waals surface area contributed by atoms with Crippen LogP contribution in [0, 0.1) is 0 Å². The second-order valence-corrected chi connectivity index (χ2v) is 5.79. The zero-order valence-corrected chi connectivity index (χ0v) is 12.1. The average molecular weight is 298 g/mol. The first-order chi connectivity index (χ1) is 9.67. The molecule has 0 saturated heterocycles. The maximum absolute atomic E-state index is 12.5. The minimum absolute atomic E-state index is 0.0742. The van der Waals surface area contributed by atoms with Crippen LogP contribution in [0.2, 0.25) is 0 Å². The average Bonchev–Trinajstić information content (AvgIpc) is 2.83. The Bertz CT molecular complexity index is 594. The van der Waals surface area contributed by atoms with E-state index in [4.69, 9.17) is 0 Å². The Hall–Kier alpha value is -1.89. The van der Waals surface area contributed by atoms with Crippen LogP contribution in [0.5, 0.6) is 0 Å². The van der Waals surface area contributed by atoms with Gasteiger partial charge in [0, 0.05) is 12.1 Å². The SMILES string of the molecule is CC(C)(C)NCc1cnnn1-c1ccc(C(F)(F)F)cc1. The van der Waals surface area contributed by atoms with Crippen molar-refractivity contribution in [3.8, 4) is 5.69 Å². The number of hydrogen-bond acceptors (Lipinski definition) is 3. The molecule has 1 heterocycles. The van der Waals surface area contributed by atoms with Gasteiger partial charge in [-0.1, -0.05) is 5.21 Å². The maximum atomic E-state index is 12.5. The summed E-state index contributed by atoms with van der Waals surface area (Å²) in [7, 11) is 0. The lowest BCUT2D eigenvalue weighted by atomic mass is 10.1. The summed E-state index contributed by atoms with van der Waals surface area (Å²) in [5.41, 5.74) is 0.575. The monoisotopic (exact) mass is 298 g/mol. The Morgan fingerprint density at radius 2 is 1.71 bits per heavy atom. The van der Waals surface area contributed by atoms with Gasteiger partial charge in [-0.2, -0.15) is 13.2 Å². The van der Waals surface area contributed by atoms with Gasteiger partial charge in [-0.05, 0) is 45.0 Å². The van der Waals surface area contributed by atoms with E-state index < -0.39 is 11.7 Å². The van der Waals surface area contributed by atoms with Crippen LogP contribution in [0.25, 0.3) is 5.69 Å². The van der Waals surface area contributed by atoms with E-state index in [9.17, 15) is 13.2 Å². The molecular formula is C14H17F3N4. The molecule has 4 nitrogen and oxygen atoms in total. The van der Waals surface area contributed by atoms with Crippen molar-refractivity contribution >= 4 is 0 Å². The van der Waals surface area contributed by atoms with E-state index in [0.29, 0.717) is 12.2 Å². The van der Waals surface area contributed by atoms with Crippen molar-refractivity contribution in [3.05, 3.63) is 41.7 Å². The predicted octanol–water partition coefficient (Wildman–Crippen LogP) is 3.17. The van der Waals surface area contributed by atoms with Crippen molar-refractivity contribution in [2.24, 2.45) is 0 Å². The predicted molar refractivity (Wildman–Crippen MR) is 73.0 cm³/mol. The molecule has 0 amide bonds. The Kier molecular flexibility index (Phi) is 4.04. The van der Waals surface area contributed by atoms with Crippen molar-refractivity contribution in [2.45, 2.75) is 39.0 Å². The third-order valence-electron chi connectivity index (χ3n) is 2.86. The van der Waals surface area contributed by atoms with Crippen LogP contribution in [0.1, 0.15) is 32.0 Å². The number of hydrogen-bond donors (Lipinski definition) is 1. The standard InChI is InChI=1S/C14H17F3N4/c1-13(2,3)18-8-12-9-19-20-21(12)11-6-4-10(5-7-11)14(15,16)17/h4-7,9,18H,8H2,1-3H3. The number of nitrogens with one attached hydrogen (secondary N) is 1. The number of benzene rings is 1. The van der Waals surface area contributed by atoms with E-state index in [2.05, 4.69) is 15.6 Å². The van der Waals surface area contributed by atoms with Crippen LogP contribution in [0.15, 0.2) is 30.5 Å². The van der Waals surface area contributed by atoms with E-state index in [0.717, 1.165) is 17.8 Å². The molecule has 0 aliphatic heterocycles. The molecule has 2 aromatic rings. The van der Waals surface area contributed by atoms with Crippen LogP contribution >= 0.6 is 0 Å². The molecule has 0 atom stereocenters. The Balaban J connectivity index is 2.21. The smallest absolute Gasteiger partial charge is 0.306 e. The summed E-state index contributed by atoms with van der Waals surface area (Å²) < 4.78 is 39.2. The van der Waals surface area contributed by atoms with Gasteiger partial charge in [0.15, 0.2) is 0 Å². The van der Waals surface area contributed by atoms with E-state index in [1.54, 1.807) is 6.20 Å². The third-order valence-corrected chi connectivity index (χ3v) is 2.86. The summed E-state index contributed by atoms with van der Waals surface area (Å²) in [6.07, 6.45) is -2.74. The number of halogens is 3. The summed E-state index contributed by atoms with van der Waals surface area (Å²) >= 11 is 0. The van der Waals surface area contributed by atoms with Crippen molar-refractivity contribution in [1.29, 1.82) is 0 Å². The van der Waals surface area contributed by atoms with Gasteiger partial charge in [0.2, 0.25) is 0 Å². The molecule has 1 N–H and O–H groups in total. The highest BCUT2D eigenvalue weighted by Crippen LogP contribution is 2.29. The molecule has 7 heteroatoms. The Labute approximate surface area is 121 Å². The fourth-order valence-electron chi connectivity index (χ4n) is 1.74. The van der Waals surface area contributed by atoms with Gasteiger partial charge in [0.1, 0.15) is 0 Å². The fourth-order valence-corrected chi connectivity index (χ4v) is 1.74. The van der Waals surface area contributed by atoms with Crippen LogP contribution in [0.4, 0.5) is 13.2 Å². The van der Waals surface area contributed by atoms with Crippen molar-refractivity contribution in [1.82, 2.24) is 20.3 Å². The summed E-state index contributed by atoms with van der Waals surface area (Å²) in [5, 5.41) is 11.0. The molecule has 1 aromatic carbocycles. The maximum Gasteiger partial charge on any atom is 0.416 e. The lowest BCUT2D eigenvalue weighted by Gasteiger charge is -2.20. The van der Waals surface area contributed by atoms with Gasteiger partial charge in [-0.25, -0.2) is 4.68 Å². The quantitative estimate of drug-likeness (QED) is 0.946. The van der Waals surface area contributed by atoms with Gasteiger partial charge in [0.05, 0.1) is 23.1 Å². The highest BCUT2D eigenvalue weighted by molar-refractivity contribution is 5.35. The number of rotatable bonds is 3. The topological polar surface area (TPSA) is 42.7 Å². The lowest BCUT2D eigenvalue weighted by Crippen LogP contribution is -2.35. The van der Waals surface area contributed by atoms with E-state index in [1.807, 2.05) is 20.8 Å². The molecule has 0 spiro atoms. The molecule has 114 valence electrons. The highest BCUT2D eigenvalue weighted by atomic mass is 19.4. The van der Waals surface area contributed by atoms with Gasteiger partial charge < -0.3 is 5.32 Å². The van der Waals surface area contributed by atoms with Gasteiger partial charge in [-0.3, -0.25) is 0 Å². The molecule has 21 heavy (non-hydrogen) atoms. The van der Waals surface area contributed by atoms with Crippen LogP contribution in [-0.2, 0) is 12.7 Å². The zero-order chi connectivity index (χ0) is 15.7. The second-order valence-electron chi connectivity index (χ2n) is 5.79. The van der Waals surface area contributed by atoms with Crippen molar-refractivity contribution in [2.75, 3.05) is 0 Å². The van der Waals surface area contributed by atoms with Crippen LogP contribution in [0.3, 0.4) is 0 Å². The van der Waals surface area contributed by atoms with Crippen LogP contribution < -0.4 is 5.32 Å². The summed E-state index contributed by atoms with van der Waals surface area (Å²) in [5.74, 6) is 0. The third kappa shape index (κ3) is 4.04. The van der Waals surface area contributed by atoms with Crippen molar-refractivity contribution in [3.63, 3.8) is 0 Å². The highest BCUT2D eigenvalue weighted by Gasteiger charge is 2.30. The molecule has 0 unspecified atom stereocenters. The first kappa shape index (κ1) is 15.5. The molecule has 0 bridgehead atoms. The normalized spacial score (nSPS) is 12.7. The van der Waals surface area contributed by atoms with E-state index in [1.165, 1.54) is 16.8 Å².